The van der Waals surface area contributed by atoms with Gasteiger partial charge in [-0.05, 0) is 47.5 Å². The number of hydrogen-bond acceptors (Lipinski definition) is 31. The third-order valence-corrected chi connectivity index (χ3v) is 15.3. The summed E-state index contributed by atoms with van der Waals surface area (Å²) in [5.74, 6) is -14.0. The van der Waals surface area contributed by atoms with E-state index in [9.17, 15) is 81.8 Å². The SMILES string of the molecule is CC(=O)N[C@H]1[C@@H](OCc2cn(C[C@H](NC(=O)[C@H](C)NC(=O)[C@H](C)N)C(=O)N[C@@H](C)C(=O)N[C@@H](C)C(=O)N[C@@H](Cn3cc(CO[C@H]4O[C@H](COC(C)=O)[C@H](OC(C)=O)[C@H](OC(C)=O)[C@H]4NC(C)=O)nn3)C(=O)N3CCCC3C(=O)N[C@@H](C)C(=O)O)nn2)O[C@H](COC(C)=O)[C@H](OC(C)=O)[C@@H]1OC(C)=O. The molecule has 0 aliphatic carbocycles. The molecule has 3 fully saturated rings. The van der Waals surface area contributed by atoms with Crippen molar-refractivity contribution in [2.24, 2.45) is 5.73 Å². The number of aromatic nitrogens is 6. The maximum atomic E-state index is 14.7. The van der Waals surface area contributed by atoms with E-state index in [-0.39, 0.29) is 30.8 Å². The Hall–Kier alpha value is -10.4. The van der Waals surface area contributed by atoms with E-state index >= 15 is 0 Å². The van der Waals surface area contributed by atoms with Gasteiger partial charge < -0.3 is 106 Å². The minimum Gasteiger partial charge on any atom is -0.480 e. The summed E-state index contributed by atoms with van der Waals surface area (Å²) in [5, 5.41) is 45.6. The Morgan fingerprint density at radius 1 is 0.515 bits per heavy atom. The number of amides is 9. The molecule has 2 aromatic heterocycles. The highest BCUT2D eigenvalue weighted by Crippen LogP contribution is 2.31. The van der Waals surface area contributed by atoms with Crippen molar-refractivity contribution in [3.8, 4) is 0 Å². The van der Waals surface area contributed by atoms with Crippen molar-refractivity contribution in [1.29, 1.82) is 0 Å². The van der Waals surface area contributed by atoms with E-state index in [0.29, 0.717) is 0 Å². The average Bonchev–Trinajstić information content (AvgIpc) is 1.34. The van der Waals surface area contributed by atoms with E-state index in [1.807, 2.05) is 0 Å². The third-order valence-electron chi connectivity index (χ3n) is 15.3. The van der Waals surface area contributed by atoms with Crippen molar-refractivity contribution < 1.29 is 129 Å². The van der Waals surface area contributed by atoms with E-state index in [4.69, 9.17) is 53.1 Å². The topological polar surface area (TPSA) is 573 Å². The highest BCUT2D eigenvalue weighted by molar-refractivity contribution is 5.97. The lowest BCUT2D eigenvalue weighted by Crippen LogP contribution is -2.66. The van der Waals surface area contributed by atoms with Crippen LogP contribution in [0.5, 0.6) is 0 Å². The second-order valence-electron chi connectivity index (χ2n) is 24.3. The monoisotopic (exact) mass is 1460 g/mol. The Bertz CT molecular complexity index is 3440. The number of hydrogen-bond donors (Lipinski definition) is 10. The number of rotatable bonds is 34. The van der Waals surface area contributed by atoms with Crippen molar-refractivity contribution in [2.45, 2.75) is 239 Å². The molecule has 0 aromatic carbocycles. The first kappa shape index (κ1) is 83.3. The molecule has 43 nitrogen and oxygen atoms in total. The van der Waals surface area contributed by atoms with Gasteiger partial charge in [0.2, 0.25) is 53.2 Å². The van der Waals surface area contributed by atoms with Gasteiger partial charge in [-0.25, -0.2) is 9.36 Å². The van der Waals surface area contributed by atoms with Crippen molar-refractivity contribution in [2.75, 3.05) is 19.8 Å². The predicted octanol–water partition coefficient (Wildman–Crippen LogP) is -6.67. The van der Waals surface area contributed by atoms with Gasteiger partial charge in [0.15, 0.2) is 37.0 Å². The highest BCUT2D eigenvalue weighted by Gasteiger charge is 2.53. The largest absolute Gasteiger partial charge is 0.480 e. The number of nitrogens with zero attached hydrogens (tertiary/aromatic N) is 7. The number of nitrogens with one attached hydrogen (secondary N) is 8. The highest BCUT2D eigenvalue weighted by atomic mass is 16.7. The molecule has 11 N–H and O–H groups in total. The maximum absolute atomic E-state index is 14.7. The van der Waals surface area contributed by atoms with Crippen molar-refractivity contribution in [3.05, 3.63) is 23.8 Å². The summed E-state index contributed by atoms with van der Waals surface area (Å²) < 4.78 is 58.5. The van der Waals surface area contributed by atoms with Crippen LogP contribution in [0.1, 0.15) is 114 Å². The molecule has 0 radical (unpaired) electrons. The van der Waals surface area contributed by atoms with Gasteiger partial charge in [-0.3, -0.25) is 76.7 Å². The molecular weight excluding hydrogens is 1380 g/mol. The fourth-order valence-corrected chi connectivity index (χ4v) is 10.6. The molecular formula is C60H88N16O27. The van der Waals surface area contributed by atoms with Crippen LogP contribution in [0.3, 0.4) is 0 Å². The fourth-order valence-electron chi connectivity index (χ4n) is 10.6. The summed E-state index contributed by atoms with van der Waals surface area (Å²) in [4.78, 5) is 208. The first-order chi connectivity index (χ1) is 48.3. The zero-order valence-corrected chi connectivity index (χ0v) is 58.7. The van der Waals surface area contributed by atoms with Gasteiger partial charge in [0.25, 0.3) is 0 Å². The lowest BCUT2D eigenvalue weighted by atomic mass is 9.96. The molecule has 0 spiro atoms. The quantitative estimate of drug-likeness (QED) is 0.0230. The van der Waals surface area contributed by atoms with E-state index in [1.165, 1.54) is 47.0 Å². The van der Waals surface area contributed by atoms with E-state index in [0.717, 1.165) is 69.7 Å². The summed E-state index contributed by atoms with van der Waals surface area (Å²) in [5.41, 5.74) is 5.72. The van der Waals surface area contributed by atoms with Gasteiger partial charge in [0.05, 0.1) is 44.7 Å². The molecule has 103 heavy (non-hydrogen) atoms. The third kappa shape index (κ3) is 25.6. The normalized spacial score (nSPS) is 23.4. The number of carbonyl (C=O) groups is 16. The average molecular weight is 1470 g/mol. The van der Waals surface area contributed by atoms with Crippen molar-refractivity contribution in [1.82, 2.24) is 77.4 Å². The first-order valence-corrected chi connectivity index (χ1v) is 32.3. The Morgan fingerprint density at radius 3 is 1.30 bits per heavy atom. The predicted molar refractivity (Wildman–Crippen MR) is 338 cm³/mol. The number of carbonyl (C=O) groups excluding carboxylic acids is 15. The number of nitrogens with two attached hydrogens (primary N) is 1. The van der Waals surface area contributed by atoms with Crippen LogP contribution in [0.2, 0.25) is 0 Å². The molecule has 2 aromatic rings. The zero-order valence-electron chi connectivity index (χ0n) is 58.7. The summed E-state index contributed by atoms with van der Waals surface area (Å²) in [6.45, 7) is 11.8. The minimum absolute atomic E-state index is 0.0121. The number of aliphatic carboxylic acids is 1. The number of ether oxygens (including phenoxy) is 10. The molecule has 18 atom stereocenters. The molecule has 3 aliphatic heterocycles. The first-order valence-electron chi connectivity index (χ1n) is 32.3. The summed E-state index contributed by atoms with van der Waals surface area (Å²) >= 11 is 0. The number of carboxylic acid groups (broad SMARTS) is 1. The molecule has 43 heteroatoms. The van der Waals surface area contributed by atoms with E-state index < -0.39 is 244 Å². The fraction of sp³-hybridized carbons (Fsp3) is 0.667. The van der Waals surface area contributed by atoms with Gasteiger partial charge in [-0.15, -0.1) is 10.2 Å². The maximum Gasteiger partial charge on any atom is 0.325 e. The molecule has 3 aliphatic rings. The molecule has 0 saturated carbocycles. The summed E-state index contributed by atoms with van der Waals surface area (Å²) in [6.07, 6.45) is -8.66. The Kier molecular flexibility index (Phi) is 31.2. The Labute approximate surface area is 588 Å². The van der Waals surface area contributed by atoms with Gasteiger partial charge in [0, 0.05) is 61.9 Å². The lowest BCUT2D eigenvalue weighted by Gasteiger charge is -2.44. The van der Waals surface area contributed by atoms with Crippen LogP contribution in [0.25, 0.3) is 0 Å². The Morgan fingerprint density at radius 2 is 0.903 bits per heavy atom. The lowest BCUT2D eigenvalue weighted by molar-refractivity contribution is -0.280. The van der Waals surface area contributed by atoms with E-state index in [1.54, 1.807) is 0 Å². The van der Waals surface area contributed by atoms with Gasteiger partial charge in [-0.2, -0.15) is 0 Å². The number of carboxylic acids is 1. The van der Waals surface area contributed by atoms with Crippen LogP contribution >= 0.6 is 0 Å². The molecule has 3 saturated heterocycles. The second kappa shape index (κ2) is 38.6. The van der Waals surface area contributed by atoms with Crippen LogP contribution in [-0.2, 0) is 150 Å². The van der Waals surface area contributed by atoms with Crippen LogP contribution in [0, 0.1) is 0 Å². The minimum atomic E-state index is -1.64. The molecule has 9 amide bonds. The molecule has 570 valence electrons. The van der Waals surface area contributed by atoms with Gasteiger partial charge >= 0.3 is 41.8 Å². The summed E-state index contributed by atoms with van der Waals surface area (Å²) in [7, 11) is 0. The van der Waals surface area contributed by atoms with Crippen LogP contribution in [0.15, 0.2) is 12.4 Å². The van der Waals surface area contributed by atoms with Crippen LogP contribution < -0.4 is 48.3 Å². The van der Waals surface area contributed by atoms with Crippen LogP contribution in [0.4, 0.5) is 0 Å². The van der Waals surface area contributed by atoms with E-state index in [2.05, 4.69) is 63.2 Å². The standard InChI is InChI=1S/C60H88N16O27/c1-25(61)51(85)62-27(3)53(87)68-40(19-74-17-38(70-72-74)21-96-59-45(66-30(6)77)49(100-36(12)83)47(98-34(10)81)43(102-59)23-94-32(8)79)55(89)64-26(2)52(86)63-28(4)54(88)69-41(57(91)76-16-14-15-42(76)56(90)65-29(5)58(92)93)20-75-18-39(71-73-75)22-97-60-46(67-31(7)78)50(101-37(13)84)48(99-35(11)82)44(103-60)24-95-33(9)80/h17-18,25-29,40-50,59-60H,14-16,19-24,61H2,1-13H3,(H,62,85)(H,63,86)(H,64,89)(H,65,90)(H,66,77)(H,67,78)(H,68,87)(H,69,88)(H,92,93)/t25-,26-,27-,28-,29-,40-,41-,42?,43+,44+,45+,46+,47-,48-,49+,50+,59-,60-/m0/s1. The molecule has 0 bridgehead atoms. The zero-order chi connectivity index (χ0) is 76.9. The van der Waals surface area contributed by atoms with Crippen molar-refractivity contribution >= 4 is 94.9 Å². The Balaban J connectivity index is 1.36. The summed E-state index contributed by atoms with van der Waals surface area (Å²) in [6, 6.07) is -14.0. The molecule has 5 heterocycles. The van der Waals surface area contributed by atoms with Gasteiger partial charge in [-0.1, -0.05) is 10.4 Å². The molecule has 1 unspecified atom stereocenters. The van der Waals surface area contributed by atoms with Gasteiger partial charge in [0.1, 0.15) is 91.2 Å². The second-order valence-corrected chi connectivity index (χ2v) is 24.3. The number of likely N-dealkylation sites (tertiary alicyclic amines) is 1. The van der Waals surface area contributed by atoms with Crippen LogP contribution in [-0.4, -0.2) is 264 Å². The number of esters is 6. The smallest absolute Gasteiger partial charge is 0.325 e. The molecule has 5 rings (SSSR count). The van der Waals surface area contributed by atoms with Crippen molar-refractivity contribution in [3.63, 3.8) is 0 Å².